The fourth-order valence-corrected chi connectivity index (χ4v) is 3.24. The second-order valence-electron chi connectivity index (χ2n) is 7.07. The second-order valence-corrected chi connectivity index (χ2v) is 7.07. The predicted molar refractivity (Wildman–Crippen MR) is 88.6 cm³/mol. The van der Waals surface area contributed by atoms with Gasteiger partial charge in [0.25, 0.3) is 0 Å². The third-order valence-corrected chi connectivity index (χ3v) is 4.90. The summed E-state index contributed by atoms with van der Waals surface area (Å²) in [6.45, 7) is 6.92. The van der Waals surface area contributed by atoms with Crippen LogP contribution in [0.5, 0.6) is 0 Å². The van der Waals surface area contributed by atoms with Crippen molar-refractivity contribution < 1.29 is 9.90 Å². The Morgan fingerprint density at radius 2 is 1.52 bits per heavy atom. The lowest BCUT2D eigenvalue weighted by atomic mass is 9.90. The van der Waals surface area contributed by atoms with E-state index in [0.717, 1.165) is 26.1 Å². The number of nitrogens with zero attached hydrogens (tertiary/aromatic N) is 1. The number of carboxylic acid groups (broad SMARTS) is 1. The van der Waals surface area contributed by atoms with Gasteiger partial charge < -0.3 is 10.0 Å². The number of hydrogen-bond donors (Lipinski definition) is 1. The van der Waals surface area contributed by atoms with Crippen LogP contribution in [0.3, 0.4) is 0 Å². The normalized spacial score (nSPS) is 22.8. The first-order valence-electron chi connectivity index (χ1n) is 9.04. The van der Waals surface area contributed by atoms with Gasteiger partial charge in [-0.25, -0.2) is 0 Å². The van der Waals surface area contributed by atoms with E-state index in [9.17, 15) is 9.90 Å². The predicted octanol–water partition coefficient (Wildman–Crippen LogP) is 4.70. The Morgan fingerprint density at radius 3 is 2.00 bits per heavy atom. The van der Waals surface area contributed by atoms with Gasteiger partial charge in [-0.1, -0.05) is 64.7 Å². The zero-order valence-corrected chi connectivity index (χ0v) is 14.2. The Balaban J connectivity index is 1.90. The second kappa shape index (κ2) is 10.2. The molecule has 0 aromatic heterocycles. The number of carbonyl (C=O) groups is 1. The van der Waals surface area contributed by atoms with Crippen LogP contribution < -0.4 is 0 Å². The highest BCUT2D eigenvalue weighted by Crippen LogP contribution is 2.30. The SMILES string of the molecule is CCCCCCCCCCCCN1CCC(C)(C(=O)O)C1. The van der Waals surface area contributed by atoms with Gasteiger partial charge in [-0.15, -0.1) is 0 Å². The van der Waals surface area contributed by atoms with Gasteiger partial charge in [0.15, 0.2) is 0 Å². The fraction of sp³-hybridized carbons (Fsp3) is 0.944. The lowest BCUT2D eigenvalue weighted by Gasteiger charge is -2.19. The highest BCUT2D eigenvalue weighted by Gasteiger charge is 2.39. The van der Waals surface area contributed by atoms with E-state index >= 15 is 0 Å². The summed E-state index contributed by atoms with van der Waals surface area (Å²) in [6.07, 6.45) is 14.4. The van der Waals surface area contributed by atoms with E-state index in [1.807, 2.05) is 6.92 Å². The average molecular weight is 297 g/mol. The van der Waals surface area contributed by atoms with Gasteiger partial charge in [0.2, 0.25) is 0 Å². The molecule has 1 aliphatic rings. The molecule has 3 nitrogen and oxygen atoms in total. The minimum Gasteiger partial charge on any atom is -0.481 e. The first kappa shape index (κ1) is 18.5. The van der Waals surface area contributed by atoms with Crippen molar-refractivity contribution >= 4 is 5.97 Å². The largest absolute Gasteiger partial charge is 0.481 e. The molecule has 3 heteroatoms. The third kappa shape index (κ3) is 7.30. The molecule has 1 rings (SSSR count). The standard InChI is InChI=1S/C18H35NO2/c1-3-4-5-6-7-8-9-10-11-12-14-19-15-13-18(2,16-19)17(20)21/h3-16H2,1-2H3,(H,20,21). The summed E-state index contributed by atoms with van der Waals surface area (Å²) in [5.74, 6) is -0.631. The molecule has 0 aromatic carbocycles. The molecule has 1 atom stereocenters. The van der Waals surface area contributed by atoms with Crippen molar-refractivity contribution in [2.75, 3.05) is 19.6 Å². The van der Waals surface area contributed by atoms with Crippen LogP contribution in [0.1, 0.15) is 84.5 Å². The summed E-state index contributed by atoms with van der Waals surface area (Å²) >= 11 is 0. The van der Waals surface area contributed by atoms with E-state index in [1.54, 1.807) is 0 Å². The number of aliphatic carboxylic acids is 1. The van der Waals surface area contributed by atoms with Crippen LogP contribution in [0.2, 0.25) is 0 Å². The van der Waals surface area contributed by atoms with Gasteiger partial charge >= 0.3 is 5.97 Å². The van der Waals surface area contributed by atoms with Gasteiger partial charge in [0.1, 0.15) is 0 Å². The monoisotopic (exact) mass is 297 g/mol. The number of likely N-dealkylation sites (tertiary alicyclic amines) is 1. The molecule has 1 heterocycles. The number of rotatable bonds is 12. The van der Waals surface area contributed by atoms with E-state index in [0.29, 0.717) is 0 Å². The summed E-state index contributed by atoms with van der Waals surface area (Å²) in [6, 6.07) is 0. The van der Waals surface area contributed by atoms with E-state index in [2.05, 4.69) is 11.8 Å². The Labute approximate surface area is 131 Å². The zero-order chi connectivity index (χ0) is 15.6. The smallest absolute Gasteiger partial charge is 0.310 e. The summed E-state index contributed by atoms with van der Waals surface area (Å²) in [5, 5.41) is 9.21. The van der Waals surface area contributed by atoms with Crippen molar-refractivity contribution in [1.82, 2.24) is 4.90 Å². The van der Waals surface area contributed by atoms with Crippen molar-refractivity contribution in [3.05, 3.63) is 0 Å². The van der Waals surface area contributed by atoms with E-state index in [4.69, 9.17) is 0 Å². The van der Waals surface area contributed by atoms with Crippen molar-refractivity contribution in [2.45, 2.75) is 84.5 Å². The summed E-state index contributed by atoms with van der Waals surface area (Å²) < 4.78 is 0. The zero-order valence-electron chi connectivity index (χ0n) is 14.2. The van der Waals surface area contributed by atoms with Crippen molar-refractivity contribution in [2.24, 2.45) is 5.41 Å². The quantitative estimate of drug-likeness (QED) is 0.531. The van der Waals surface area contributed by atoms with E-state index < -0.39 is 11.4 Å². The maximum Gasteiger partial charge on any atom is 0.310 e. The molecule has 0 aromatic rings. The first-order valence-corrected chi connectivity index (χ1v) is 9.04. The molecule has 1 fully saturated rings. The number of hydrogen-bond acceptors (Lipinski definition) is 2. The Morgan fingerprint density at radius 1 is 1.00 bits per heavy atom. The molecule has 0 aliphatic carbocycles. The van der Waals surface area contributed by atoms with Gasteiger partial charge in [-0.3, -0.25) is 4.79 Å². The van der Waals surface area contributed by atoms with Crippen LogP contribution in [0, 0.1) is 5.41 Å². The molecular weight excluding hydrogens is 262 g/mol. The van der Waals surface area contributed by atoms with Gasteiger partial charge in [0.05, 0.1) is 5.41 Å². The van der Waals surface area contributed by atoms with Crippen LogP contribution in [0.25, 0.3) is 0 Å². The van der Waals surface area contributed by atoms with Crippen LogP contribution in [-0.2, 0) is 4.79 Å². The molecular formula is C18H35NO2. The number of unbranched alkanes of at least 4 members (excludes halogenated alkanes) is 9. The topological polar surface area (TPSA) is 40.5 Å². The minimum atomic E-state index is -0.631. The summed E-state index contributed by atoms with van der Waals surface area (Å²) in [5.41, 5.74) is -0.501. The highest BCUT2D eigenvalue weighted by molar-refractivity contribution is 5.74. The Bertz CT molecular complexity index is 293. The molecule has 1 saturated heterocycles. The summed E-state index contributed by atoms with van der Waals surface area (Å²) in [4.78, 5) is 13.5. The Kier molecular flexibility index (Phi) is 8.98. The summed E-state index contributed by atoms with van der Waals surface area (Å²) in [7, 11) is 0. The minimum absolute atomic E-state index is 0.501. The van der Waals surface area contributed by atoms with E-state index in [-0.39, 0.29) is 0 Å². The Hall–Kier alpha value is -0.570. The fourth-order valence-electron chi connectivity index (χ4n) is 3.24. The van der Waals surface area contributed by atoms with Crippen LogP contribution in [0.15, 0.2) is 0 Å². The molecule has 1 N–H and O–H groups in total. The molecule has 1 aliphatic heterocycles. The molecule has 0 saturated carbocycles. The van der Waals surface area contributed by atoms with Crippen LogP contribution >= 0.6 is 0 Å². The molecule has 0 radical (unpaired) electrons. The average Bonchev–Trinajstić information content (AvgIpc) is 2.84. The van der Waals surface area contributed by atoms with Crippen molar-refractivity contribution in [3.8, 4) is 0 Å². The molecule has 0 amide bonds. The molecule has 1 unspecified atom stereocenters. The van der Waals surface area contributed by atoms with Gasteiger partial charge in [-0.05, 0) is 32.9 Å². The number of carboxylic acids is 1. The maximum absolute atomic E-state index is 11.2. The first-order chi connectivity index (χ1) is 10.1. The molecule has 0 bridgehead atoms. The highest BCUT2D eigenvalue weighted by atomic mass is 16.4. The van der Waals surface area contributed by atoms with Crippen LogP contribution in [0.4, 0.5) is 0 Å². The lowest BCUT2D eigenvalue weighted by molar-refractivity contribution is -0.147. The van der Waals surface area contributed by atoms with Crippen LogP contribution in [-0.4, -0.2) is 35.6 Å². The molecule has 0 spiro atoms. The maximum atomic E-state index is 11.2. The lowest BCUT2D eigenvalue weighted by Crippen LogP contribution is -2.32. The van der Waals surface area contributed by atoms with Gasteiger partial charge in [-0.2, -0.15) is 0 Å². The van der Waals surface area contributed by atoms with E-state index in [1.165, 1.54) is 64.2 Å². The van der Waals surface area contributed by atoms with Crippen molar-refractivity contribution in [3.63, 3.8) is 0 Å². The molecule has 124 valence electrons. The van der Waals surface area contributed by atoms with Crippen molar-refractivity contribution in [1.29, 1.82) is 0 Å². The van der Waals surface area contributed by atoms with Gasteiger partial charge in [0, 0.05) is 6.54 Å². The third-order valence-electron chi connectivity index (χ3n) is 4.90. The molecule has 21 heavy (non-hydrogen) atoms.